The molecular weight excluding hydrogens is 1240 g/mol. The van der Waals surface area contributed by atoms with E-state index in [9.17, 15) is 49.9 Å². The van der Waals surface area contributed by atoms with Crippen LogP contribution >= 0.6 is 12.4 Å². The molecule has 0 saturated heterocycles. The third kappa shape index (κ3) is 23.4. The maximum atomic E-state index is 14.9. The van der Waals surface area contributed by atoms with Gasteiger partial charge < -0.3 is 34.1 Å². The zero-order chi connectivity index (χ0) is 68.8. The number of carboxylic acid groups (broad SMARTS) is 2. The van der Waals surface area contributed by atoms with Crippen LogP contribution in [0.5, 0.6) is 11.8 Å². The number of amides is 1. The van der Waals surface area contributed by atoms with E-state index >= 15 is 0 Å². The van der Waals surface area contributed by atoms with Gasteiger partial charge >= 0.3 is 17.9 Å². The Hall–Kier alpha value is -7.84. The van der Waals surface area contributed by atoms with Crippen molar-refractivity contribution in [1.29, 1.82) is 0 Å². The lowest BCUT2D eigenvalue weighted by molar-refractivity contribution is -0.155. The number of rotatable bonds is 20. The number of sulfone groups is 2. The van der Waals surface area contributed by atoms with Gasteiger partial charge in [-0.1, -0.05) is 48.0 Å². The predicted molar refractivity (Wildman–Crippen MR) is 344 cm³/mol. The Balaban J connectivity index is 0.000000565. The molecule has 6 aromatic rings. The molecule has 1 amide bonds. The normalized spacial score (nSPS) is 11.8. The fraction of sp³-hybridized carbons (Fsp3) is 0.484. The number of aromatic carboxylic acids is 1. The smallest absolute Gasteiger partial charge is 0.354 e. The Labute approximate surface area is 539 Å². The van der Waals surface area contributed by atoms with E-state index in [0.717, 1.165) is 23.3 Å². The number of carboxylic acids is 1. The minimum atomic E-state index is -3.75. The number of carbonyl (C=O) groups is 5. The summed E-state index contributed by atoms with van der Waals surface area (Å²) in [6.07, 6.45) is 6.11. The quantitative estimate of drug-likeness (QED) is 0.0530. The number of benzene rings is 2. The second-order valence-corrected chi connectivity index (χ2v) is 29.2. The molecule has 0 saturated carbocycles. The molecule has 0 aliphatic carbocycles. The molecule has 22 nitrogen and oxygen atoms in total. The molecule has 0 aliphatic heterocycles. The minimum absolute atomic E-state index is 0. The van der Waals surface area contributed by atoms with Gasteiger partial charge in [-0.05, 0) is 162 Å². The average Bonchev–Trinajstić information content (AvgIpc) is 1.83. The molecule has 27 heteroatoms. The van der Waals surface area contributed by atoms with Crippen LogP contribution < -0.4 is 9.47 Å². The van der Waals surface area contributed by atoms with Crippen molar-refractivity contribution in [2.24, 2.45) is 0 Å². The van der Waals surface area contributed by atoms with Gasteiger partial charge in [-0.2, -0.15) is 10.2 Å². The molecule has 0 spiro atoms. The lowest BCUT2D eigenvalue weighted by atomic mass is 9.88. The number of hydrogen-bond acceptors (Lipinski definition) is 17. The first-order chi connectivity index (χ1) is 41.3. The van der Waals surface area contributed by atoms with Crippen LogP contribution in [0.1, 0.15) is 172 Å². The molecule has 6 rings (SSSR count). The second-order valence-electron chi connectivity index (χ2n) is 25.3. The van der Waals surface area contributed by atoms with E-state index in [-0.39, 0.29) is 90.0 Å². The molecule has 2 aromatic carbocycles. The summed E-state index contributed by atoms with van der Waals surface area (Å²) in [6, 6.07) is 14.5. The number of aromatic nitrogens is 6. The minimum Gasteiger partial charge on any atom is -0.483 e. The zero-order valence-electron chi connectivity index (χ0n) is 55.5. The number of carbonyl (C=O) groups excluding carboxylic acids is 3. The highest BCUT2D eigenvalue weighted by Gasteiger charge is 2.34. The van der Waals surface area contributed by atoms with E-state index in [1.807, 2.05) is 27.7 Å². The van der Waals surface area contributed by atoms with Crippen molar-refractivity contribution in [2.75, 3.05) is 39.8 Å². The van der Waals surface area contributed by atoms with Crippen LogP contribution in [-0.2, 0) is 67.5 Å². The molecule has 4 aromatic heterocycles. The van der Waals surface area contributed by atoms with Gasteiger partial charge in [-0.15, -0.1) is 12.4 Å². The lowest BCUT2D eigenvalue weighted by Crippen LogP contribution is -2.38. The number of ether oxygens (including phenoxy) is 4. The van der Waals surface area contributed by atoms with Crippen LogP contribution in [0.3, 0.4) is 0 Å². The molecule has 0 atom stereocenters. The number of esters is 2. The number of hydrogen-bond donors (Lipinski definition) is 2. The maximum absolute atomic E-state index is 14.9. The molecule has 0 fully saturated rings. The van der Waals surface area contributed by atoms with Crippen LogP contribution in [0, 0.1) is 11.6 Å². The first kappa shape index (κ1) is 79.3. The molecular formula is C64H88ClF2N7O15S2. The van der Waals surface area contributed by atoms with Crippen LogP contribution in [0.15, 0.2) is 83.1 Å². The molecule has 91 heavy (non-hydrogen) atoms. The summed E-state index contributed by atoms with van der Waals surface area (Å²) in [5, 5.41) is 24.2. The van der Waals surface area contributed by atoms with Gasteiger partial charge in [0.15, 0.2) is 29.7 Å². The van der Waals surface area contributed by atoms with Gasteiger partial charge in [0.05, 0.1) is 23.9 Å². The van der Waals surface area contributed by atoms with Gasteiger partial charge in [0.25, 0.3) is 12.4 Å². The monoisotopic (exact) mass is 1330 g/mol. The van der Waals surface area contributed by atoms with Crippen molar-refractivity contribution in [3.8, 4) is 34.0 Å². The molecule has 0 aliphatic rings. The lowest BCUT2D eigenvalue weighted by Gasteiger charge is -2.27. The van der Waals surface area contributed by atoms with E-state index in [4.69, 9.17) is 28.8 Å². The summed E-state index contributed by atoms with van der Waals surface area (Å²) in [6.45, 7) is 29.0. The molecule has 0 unspecified atom stereocenters. The Bertz CT molecular complexity index is 3760. The van der Waals surface area contributed by atoms with Crippen molar-refractivity contribution >= 4 is 62.4 Å². The van der Waals surface area contributed by atoms with E-state index in [1.54, 1.807) is 108 Å². The number of pyridine rings is 2. The fourth-order valence-corrected chi connectivity index (χ4v) is 9.88. The van der Waals surface area contributed by atoms with Crippen LogP contribution in [0.2, 0.25) is 0 Å². The van der Waals surface area contributed by atoms with E-state index in [1.165, 1.54) is 58.7 Å². The first-order valence-corrected chi connectivity index (χ1v) is 32.5. The van der Waals surface area contributed by atoms with Gasteiger partial charge in [-0.25, -0.2) is 49.7 Å². The van der Waals surface area contributed by atoms with Crippen molar-refractivity contribution < 1.29 is 78.7 Å². The summed E-state index contributed by atoms with van der Waals surface area (Å²) in [5.74, 6) is -3.30. The topological polar surface area (TPSA) is 296 Å². The predicted octanol–water partition coefficient (Wildman–Crippen LogP) is 11.6. The summed E-state index contributed by atoms with van der Waals surface area (Å²) < 4.78 is 104. The highest BCUT2D eigenvalue weighted by molar-refractivity contribution is 7.90. The van der Waals surface area contributed by atoms with Gasteiger partial charge in [0, 0.05) is 63.3 Å². The average molecular weight is 1330 g/mol. The number of nitrogens with zero attached hydrogens (tertiary/aromatic N) is 7. The Morgan fingerprint density at radius 2 is 0.945 bits per heavy atom. The highest BCUT2D eigenvalue weighted by atomic mass is 35.5. The van der Waals surface area contributed by atoms with Gasteiger partial charge in [0.2, 0.25) is 11.8 Å². The Kier molecular flexibility index (Phi) is 28.3. The van der Waals surface area contributed by atoms with E-state index < -0.39 is 77.4 Å². The van der Waals surface area contributed by atoms with Crippen molar-refractivity contribution in [3.05, 3.63) is 118 Å². The second kappa shape index (κ2) is 32.4. The summed E-state index contributed by atoms with van der Waals surface area (Å²) >= 11 is 0. The van der Waals surface area contributed by atoms with Crippen molar-refractivity contribution in [1.82, 2.24) is 34.4 Å². The Morgan fingerprint density at radius 3 is 1.24 bits per heavy atom. The summed E-state index contributed by atoms with van der Waals surface area (Å²) in [7, 11) is -4.31. The molecule has 0 bridgehead atoms. The third-order valence-corrected chi connectivity index (χ3v) is 14.5. The maximum Gasteiger partial charge on any atom is 0.354 e. The van der Waals surface area contributed by atoms with E-state index in [0.29, 0.717) is 44.5 Å². The summed E-state index contributed by atoms with van der Waals surface area (Å²) in [5.41, 5.74) is 1.15. The van der Waals surface area contributed by atoms with Crippen LogP contribution in [-0.4, -0.2) is 143 Å². The van der Waals surface area contributed by atoms with Crippen molar-refractivity contribution in [3.63, 3.8) is 0 Å². The van der Waals surface area contributed by atoms with Gasteiger partial charge in [0.1, 0.15) is 47.4 Å². The molecule has 0 radical (unpaired) electrons. The molecule has 502 valence electrons. The standard InChI is InChI=1S/C31H41FN4O6S.C29H36FN3O7S.C3H8.CH2O2.ClH/c1-19(2)22-14-21(32)15-23(24(22)16-28(37)42-30(3,4)5)20-11-12-33-26(13-20)41-18-31(6,7)36-25(29(38)35(8)9)17-27(34-36)43(10,39)40;1-17(2)20-12-19(30)13-21(22(20)14-26(34)40-28(3,4)5)18-9-10-31-24(11-18)39-16-29(6,7)33-23(27(35)36)15-25(32-33)41(8,37)38;1-3-2;2-1-3;/h11-15,17,19H,16,18H2,1-10H3;9-13,15,17H,14,16H2,1-8H3,(H,35,36);3H2,1-2H3;1H,(H,2,3);1H. The van der Waals surface area contributed by atoms with Crippen LogP contribution in [0.25, 0.3) is 22.3 Å². The van der Waals surface area contributed by atoms with Crippen LogP contribution in [0.4, 0.5) is 8.78 Å². The van der Waals surface area contributed by atoms with E-state index in [2.05, 4.69) is 34.0 Å². The molecule has 2 N–H and O–H groups in total. The highest BCUT2D eigenvalue weighted by Crippen LogP contribution is 2.36. The zero-order valence-corrected chi connectivity index (χ0v) is 58.0. The Morgan fingerprint density at radius 1 is 0.615 bits per heavy atom. The largest absolute Gasteiger partial charge is 0.483 e. The summed E-state index contributed by atoms with van der Waals surface area (Å²) in [4.78, 5) is 68.5. The molecule has 4 heterocycles. The number of halogens is 3. The first-order valence-electron chi connectivity index (χ1n) is 28.7. The fourth-order valence-electron chi connectivity index (χ4n) is 8.77. The third-order valence-electron chi connectivity index (χ3n) is 12.6. The van der Waals surface area contributed by atoms with Gasteiger partial charge in [-0.3, -0.25) is 19.2 Å². The van der Waals surface area contributed by atoms with Crippen molar-refractivity contribution in [2.45, 2.75) is 174 Å². The SMILES string of the molecule is CC(C)c1cc(F)cc(-c2ccnc(OCC(C)(C)n3nc(S(C)(=O)=O)cc3C(=O)N(C)C)c2)c1CC(=O)OC(C)(C)C.CC(C)c1cc(F)cc(-c2ccnc(OCC(C)(C)n3nc(S(C)(=O)=O)cc3C(=O)O)c2)c1CC(=O)OC(C)(C)C.CCC.Cl.O=CO.